The van der Waals surface area contributed by atoms with Gasteiger partial charge in [-0.3, -0.25) is 4.79 Å². The quantitative estimate of drug-likeness (QED) is 0.304. The van der Waals surface area contributed by atoms with Gasteiger partial charge in [-0.25, -0.2) is 19.7 Å². The van der Waals surface area contributed by atoms with E-state index in [1.165, 1.54) is 18.4 Å². The number of nitrogen functional groups attached to an aromatic ring is 1. The maximum atomic E-state index is 12.7. The van der Waals surface area contributed by atoms with Crippen LogP contribution < -0.4 is 16.4 Å². The van der Waals surface area contributed by atoms with Crippen molar-refractivity contribution in [2.24, 2.45) is 0 Å². The predicted octanol–water partition coefficient (Wildman–Crippen LogP) is 4.28. The van der Waals surface area contributed by atoms with Crippen molar-refractivity contribution in [1.29, 1.82) is 0 Å². The van der Waals surface area contributed by atoms with E-state index in [1.54, 1.807) is 30.5 Å². The first-order chi connectivity index (χ1) is 17.0. The first kappa shape index (κ1) is 22.2. The van der Waals surface area contributed by atoms with Gasteiger partial charge in [0, 0.05) is 23.8 Å². The molecule has 0 atom stereocenters. The number of hydrogen-bond acceptors (Lipinski definition) is 9. The zero-order chi connectivity index (χ0) is 24.4. The average molecular weight is 485 g/mol. The monoisotopic (exact) mass is 484 g/mol. The molecule has 5 rings (SSSR count). The number of nitrogens with two attached hydrogens (primary N) is 1. The zero-order valence-electron chi connectivity index (χ0n) is 18.6. The van der Waals surface area contributed by atoms with Crippen molar-refractivity contribution in [3.8, 4) is 0 Å². The summed E-state index contributed by atoms with van der Waals surface area (Å²) in [5.74, 6) is 0.185. The highest BCUT2D eigenvalue weighted by molar-refractivity contribution is 7.17. The van der Waals surface area contributed by atoms with Gasteiger partial charge in [0.2, 0.25) is 5.82 Å². The standard InChI is InChI=1S/C25H20N6O3S/c1-34-25(33)14-5-7-16(8-6-14)29-22-18-4-2-3-15(17(18)9-11-27-22)13-28-24(32)23-30-19-10-12-35-20(19)21(26)31-23/h2-12H,13H2,1H3,(H,27,29)(H,28,32)(H2,26,30,31). The Kier molecular flexibility index (Phi) is 5.94. The summed E-state index contributed by atoms with van der Waals surface area (Å²) in [6.45, 7) is 0.276. The first-order valence-electron chi connectivity index (χ1n) is 10.6. The van der Waals surface area contributed by atoms with E-state index in [9.17, 15) is 9.59 Å². The lowest BCUT2D eigenvalue weighted by Crippen LogP contribution is -2.25. The molecule has 0 fully saturated rings. The van der Waals surface area contributed by atoms with Crippen LogP contribution in [0.25, 0.3) is 21.0 Å². The molecule has 9 nitrogen and oxygen atoms in total. The highest BCUT2D eigenvalue weighted by Crippen LogP contribution is 2.27. The van der Waals surface area contributed by atoms with E-state index in [1.807, 2.05) is 35.7 Å². The van der Waals surface area contributed by atoms with Crippen LogP contribution in [-0.2, 0) is 11.3 Å². The zero-order valence-corrected chi connectivity index (χ0v) is 19.4. The molecule has 3 aromatic heterocycles. The van der Waals surface area contributed by atoms with Gasteiger partial charge in [-0.1, -0.05) is 18.2 Å². The molecule has 4 N–H and O–H groups in total. The van der Waals surface area contributed by atoms with Gasteiger partial charge >= 0.3 is 5.97 Å². The number of ether oxygens (including phenoxy) is 1. The first-order valence-corrected chi connectivity index (χ1v) is 11.5. The Bertz CT molecular complexity index is 1570. The largest absolute Gasteiger partial charge is 0.465 e. The smallest absolute Gasteiger partial charge is 0.337 e. The van der Waals surface area contributed by atoms with Gasteiger partial charge < -0.3 is 21.1 Å². The number of carbonyl (C=O) groups excluding carboxylic acids is 2. The molecule has 1 amide bonds. The molecule has 0 aliphatic heterocycles. The second-order valence-electron chi connectivity index (χ2n) is 7.62. The third kappa shape index (κ3) is 4.46. The molecule has 0 radical (unpaired) electrons. The van der Waals surface area contributed by atoms with E-state index in [4.69, 9.17) is 10.5 Å². The number of nitrogens with zero attached hydrogens (tertiary/aromatic N) is 3. The molecule has 0 spiro atoms. The molecule has 174 valence electrons. The van der Waals surface area contributed by atoms with E-state index >= 15 is 0 Å². The number of thiophene rings is 1. The number of aromatic nitrogens is 3. The lowest BCUT2D eigenvalue weighted by molar-refractivity contribution is 0.0600. The normalized spacial score (nSPS) is 10.9. The maximum Gasteiger partial charge on any atom is 0.337 e. The van der Waals surface area contributed by atoms with E-state index in [0.29, 0.717) is 22.7 Å². The van der Waals surface area contributed by atoms with Gasteiger partial charge in [0.05, 0.1) is 22.9 Å². The second-order valence-corrected chi connectivity index (χ2v) is 8.53. The summed E-state index contributed by atoms with van der Waals surface area (Å²) < 4.78 is 5.51. The van der Waals surface area contributed by atoms with Crippen LogP contribution in [0.4, 0.5) is 17.3 Å². The van der Waals surface area contributed by atoms with Crippen LogP contribution >= 0.6 is 11.3 Å². The van der Waals surface area contributed by atoms with Crippen molar-refractivity contribution in [2.45, 2.75) is 6.54 Å². The van der Waals surface area contributed by atoms with Gasteiger partial charge in [0.1, 0.15) is 11.6 Å². The fraction of sp³-hybridized carbons (Fsp3) is 0.0800. The molecule has 35 heavy (non-hydrogen) atoms. The molecule has 0 aliphatic rings. The predicted molar refractivity (Wildman–Crippen MR) is 136 cm³/mol. The molecule has 2 aromatic carbocycles. The molecule has 0 unspecified atom stereocenters. The minimum atomic E-state index is -0.403. The molecule has 10 heteroatoms. The van der Waals surface area contributed by atoms with Crippen molar-refractivity contribution in [1.82, 2.24) is 20.3 Å². The molecule has 0 saturated carbocycles. The third-order valence-corrected chi connectivity index (χ3v) is 6.36. The van der Waals surface area contributed by atoms with E-state index in [-0.39, 0.29) is 12.4 Å². The fourth-order valence-corrected chi connectivity index (χ4v) is 4.45. The molecule has 0 aliphatic carbocycles. The van der Waals surface area contributed by atoms with Crippen molar-refractivity contribution in [3.63, 3.8) is 0 Å². The van der Waals surface area contributed by atoms with Crippen LogP contribution in [0.2, 0.25) is 0 Å². The van der Waals surface area contributed by atoms with Gasteiger partial charge in [0.25, 0.3) is 5.91 Å². The maximum absolute atomic E-state index is 12.7. The van der Waals surface area contributed by atoms with E-state index in [0.717, 1.165) is 26.7 Å². The Morgan fingerprint density at radius 3 is 2.66 bits per heavy atom. The Hall–Kier alpha value is -4.57. The third-order valence-electron chi connectivity index (χ3n) is 5.44. The Morgan fingerprint density at radius 1 is 1.03 bits per heavy atom. The summed E-state index contributed by atoms with van der Waals surface area (Å²) in [5, 5.41) is 9.85. The van der Waals surface area contributed by atoms with Crippen LogP contribution in [0.3, 0.4) is 0 Å². The van der Waals surface area contributed by atoms with E-state index < -0.39 is 11.9 Å². The number of fused-ring (bicyclic) bond motifs is 2. The highest BCUT2D eigenvalue weighted by atomic mass is 32.1. The topological polar surface area (TPSA) is 132 Å². The van der Waals surface area contributed by atoms with Crippen LogP contribution in [-0.4, -0.2) is 33.9 Å². The minimum absolute atomic E-state index is 0.0352. The number of methoxy groups -OCH3 is 1. The van der Waals surface area contributed by atoms with Crippen LogP contribution in [0.15, 0.2) is 66.2 Å². The van der Waals surface area contributed by atoms with Crippen LogP contribution in [0, 0.1) is 0 Å². The molecular formula is C25H20N6O3S. The Labute approximate surface area is 204 Å². The number of benzene rings is 2. The van der Waals surface area contributed by atoms with Gasteiger partial charge in [-0.2, -0.15) is 0 Å². The van der Waals surface area contributed by atoms with Gasteiger partial charge in [-0.05, 0) is 52.7 Å². The summed E-state index contributed by atoms with van der Waals surface area (Å²) in [6.07, 6.45) is 1.70. The SMILES string of the molecule is COC(=O)c1ccc(Nc2nccc3c(CNC(=O)c4nc(N)c5sccc5n4)cccc23)cc1. The van der Waals surface area contributed by atoms with Crippen molar-refractivity contribution in [2.75, 3.05) is 18.2 Å². The summed E-state index contributed by atoms with van der Waals surface area (Å²) in [6, 6.07) is 16.4. The number of nitrogens with one attached hydrogen (secondary N) is 2. The number of carbonyl (C=O) groups is 2. The lowest BCUT2D eigenvalue weighted by atomic mass is 10.1. The molecule has 0 saturated heterocycles. The van der Waals surface area contributed by atoms with Crippen molar-refractivity contribution < 1.29 is 14.3 Å². The summed E-state index contributed by atoms with van der Waals surface area (Å²) in [7, 11) is 1.35. The number of pyridine rings is 1. The van der Waals surface area contributed by atoms with Crippen LogP contribution in [0.1, 0.15) is 26.5 Å². The van der Waals surface area contributed by atoms with E-state index in [2.05, 4.69) is 25.6 Å². The van der Waals surface area contributed by atoms with Crippen molar-refractivity contribution >= 4 is 61.5 Å². The number of esters is 1. The number of rotatable bonds is 6. The highest BCUT2D eigenvalue weighted by Gasteiger charge is 2.14. The summed E-state index contributed by atoms with van der Waals surface area (Å²) >= 11 is 1.44. The molecule has 3 heterocycles. The lowest BCUT2D eigenvalue weighted by Gasteiger charge is -2.12. The molecule has 0 bridgehead atoms. The van der Waals surface area contributed by atoms with Crippen LogP contribution in [0.5, 0.6) is 0 Å². The fourth-order valence-electron chi connectivity index (χ4n) is 3.71. The molecular weight excluding hydrogens is 464 g/mol. The summed E-state index contributed by atoms with van der Waals surface area (Å²) in [4.78, 5) is 37.3. The number of hydrogen-bond donors (Lipinski definition) is 3. The van der Waals surface area contributed by atoms with Gasteiger partial charge in [0.15, 0.2) is 0 Å². The molecule has 5 aromatic rings. The second kappa shape index (κ2) is 9.35. The van der Waals surface area contributed by atoms with Crippen molar-refractivity contribution in [3.05, 3.63) is 83.1 Å². The number of anilines is 3. The Morgan fingerprint density at radius 2 is 1.86 bits per heavy atom. The Balaban J connectivity index is 1.36. The minimum Gasteiger partial charge on any atom is -0.465 e. The van der Waals surface area contributed by atoms with Gasteiger partial charge in [-0.15, -0.1) is 11.3 Å². The average Bonchev–Trinajstić information content (AvgIpc) is 3.37. The number of amides is 1. The summed E-state index contributed by atoms with van der Waals surface area (Å²) in [5.41, 5.74) is 8.77.